The van der Waals surface area contributed by atoms with Crippen molar-refractivity contribution < 1.29 is 5.11 Å². The third kappa shape index (κ3) is 2.85. The number of aromatic hydroxyl groups is 1. The summed E-state index contributed by atoms with van der Waals surface area (Å²) in [4.78, 5) is 2.60. The van der Waals surface area contributed by atoms with Gasteiger partial charge in [-0.15, -0.1) is 0 Å². The van der Waals surface area contributed by atoms with Crippen molar-refractivity contribution >= 4 is 0 Å². The maximum atomic E-state index is 9.42. The third-order valence-corrected chi connectivity index (χ3v) is 4.12. The smallest absolute Gasteiger partial charge is 0.115 e. The lowest BCUT2D eigenvalue weighted by Gasteiger charge is -2.35. The number of nitrogens with zero attached hydrogens (tertiary/aromatic N) is 1. The Hall–Kier alpha value is -1.06. The van der Waals surface area contributed by atoms with Crippen LogP contribution in [-0.2, 0) is 0 Å². The summed E-state index contributed by atoms with van der Waals surface area (Å²) in [5.41, 5.74) is 1.36. The number of phenols is 1. The van der Waals surface area contributed by atoms with Crippen LogP contribution in [0.1, 0.15) is 30.9 Å². The molecule has 3 rings (SSSR count). The van der Waals surface area contributed by atoms with Crippen molar-refractivity contribution in [2.24, 2.45) is 5.92 Å². The highest BCUT2D eigenvalue weighted by Crippen LogP contribution is 2.40. The number of phenolic OH excluding ortho intramolecular Hbond substituents is 1. The van der Waals surface area contributed by atoms with Crippen LogP contribution in [0.3, 0.4) is 0 Å². The van der Waals surface area contributed by atoms with Crippen molar-refractivity contribution in [3.05, 3.63) is 29.8 Å². The van der Waals surface area contributed by atoms with Crippen molar-refractivity contribution in [1.82, 2.24) is 10.2 Å². The SMILES string of the molecule is Oc1ccc([C@H](CC2CC2)N2CCNCC2)cc1. The standard InChI is InChI=1S/C15H22N2O/c18-14-5-3-13(4-6-14)15(11-12-1-2-12)17-9-7-16-8-10-17/h3-6,12,15-16,18H,1-2,7-11H2/t15-/m0/s1. The molecule has 1 aromatic rings. The molecule has 0 spiro atoms. The fourth-order valence-electron chi connectivity index (χ4n) is 2.86. The maximum Gasteiger partial charge on any atom is 0.115 e. The summed E-state index contributed by atoms with van der Waals surface area (Å²) in [5.74, 6) is 1.29. The van der Waals surface area contributed by atoms with Gasteiger partial charge in [-0.25, -0.2) is 0 Å². The maximum absolute atomic E-state index is 9.42. The Morgan fingerprint density at radius 2 is 1.83 bits per heavy atom. The van der Waals surface area contributed by atoms with Crippen molar-refractivity contribution in [2.45, 2.75) is 25.3 Å². The van der Waals surface area contributed by atoms with E-state index in [2.05, 4.69) is 22.3 Å². The normalized spacial score (nSPS) is 22.9. The topological polar surface area (TPSA) is 35.5 Å². The summed E-state index contributed by atoms with van der Waals surface area (Å²) in [6.07, 6.45) is 4.09. The van der Waals surface area contributed by atoms with Gasteiger partial charge >= 0.3 is 0 Å². The molecule has 0 bridgehead atoms. The Balaban J connectivity index is 1.76. The van der Waals surface area contributed by atoms with Gasteiger partial charge in [0.25, 0.3) is 0 Å². The number of hydrogen-bond acceptors (Lipinski definition) is 3. The fourth-order valence-corrected chi connectivity index (χ4v) is 2.86. The zero-order chi connectivity index (χ0) is 12.4. The van der Waals surface area contributed by atoms with Gasteiger partial charge in [0.2, 0.25) is 0 Å². The van der Waals surface area contributed by atoms with Crippen LogP contribution in [0.4, 0.5) is 0 Å². The number of rotatable bonds is 4. The van der Waals surface area contributed by atoms with Gasteiger partial charge in [-0.3, -0.25) is 4.90 Å². The number of hydrogen-bond donors (Lipinski definition) is 2. The van der Waals surface area contributed by atoms with Crippen LogP contribution in [0.15, 0.2) is 24.3 Å². The van der Waals surface area contributed by atoms with Gasteiger partial charge in [0.1, 0.15) is 5.75 Å². The van der Waals surface area contributed by atoms with Gasteiger partial charge in [0.05, 0.1) is 0 Å². The average molecular weight is 246 g/mol. The zero-order valence-corrected chi connectivity index (χ0v) is 10.8. The first-order chi connectivity index (χ1) is 8.83. The second kappa shape index (κ2) is 5.29. The Bertz CT molecular complexity index is 380. The average Bonchev–Trinajstić information content (AvgIpc) is 3.22. The number of piperazine rings is 1. The Morgan fingerprint density at radius 1 is 1.17 bits per heavy atom. The van der Waals surface area contributed by atoms with E-state index in [0.29, 0.717) is 11.8 Å². The van der Waals surface area contributed by atoms with E-state index < -0.39 is 0 Å². The first kappa shape index (κ1) is 12.0. The molecule has 0 unspecified atom stereocenters. The summed E-state index contributed by atoms with van der Waals surface area (Å²) in [6, 6.07) is 8.35. The van der Waals surface area contributed by atoms with Crippen molar-refractivity contribution in [1.29, 1.82) is 0 Å². The predicted octanol–water partition coefficient (Wildman–Crippen LogP) is 2.14. The van der Waals surface area contributed by atoms with Gasteiger partial charge in [-0.05, 0) is 30.0 Å². The molecule has 0 radical (unpaired) electrons. The summed E-state index contributed by atoms with van der Waals surface area (Å²) in [5, 5.41) is 12.8. The van der Waals surface area contributed by atoms with Crippen LogP contribution < -0.4 is 5.32 Å². The first-order valence-electron chi connectivity index (χ1n) is 7.06. The van der Waals surface area contributed by atoms with E-state index in [1.165, 1.54) is 24.8 Å². The molecule has 98 valence electrons. The van der Waals surface area contributed by atoms with Crippen molar-refractivity contribution in [2.75, 3.05) is 26.2 Å². The predicted molar refractivity (Wildman–Crippen MR) is 72.6 cm³/mol. The highest BCUT2D eigenvalue weighted by molar-refractivity contribution is 5.28. The molecule has 2 fully saturated rings. The molecule has 1 saturated carbocycles. The third-order valence-electron chi connectivity index (χ3n) is 4.12. The van der Waals surface area contributed by atoms with Crippen LogP contribution in [0.5, 0.6) is 5.75 Å². The van der Waals surface area contributed by atoms with Gasteiger partial charge in [0, 0.05) is 32.2 Å². The molecule has 0 aromatic heterocycles. The first-order valence-corrected chi connectivity index (χ1v) is 7.06. The van der Waals surface area contributed by atoms with Crippen molar-refractivity contribution in [3.8, 4) is 5.75 Å². The van der Waals surface area contributed by atoms with Gasteiger partial charge in [-0.2, -0.15) is 0 Å². The molecule has 3 nitrogen and oxygen atoms in total. The monoisotopic (exact) mass is 246 g/mol. The molecular weight excluding hydrogens is 224 g/mol. The Morgan fingerprint density at radius 3 is 2.44 bits per heavy atom. The minimum absolute atomic E-state index is 0.365. The van der Waals surface area contributed by atoms with E-state index in [1.54, 1.807) is 0 Å². The van der Waals surface area contributed by atoms with Crippen LogP contribution in [0.25, 0.3) is 0 Å². The van der Waals surface area contributed by atoms with E-state index >= 15 is 0 Å². The minimum atomic E-state index is 0.365. The summed E-state index contributed by atoms with van der Waals surface area (Å²) in [7, 11) is 0. The second-order valence-corrected chi connectivity index (χ2v) is 5.57. The van der Waals surface area contributed by atoms with Gasteiger partial charge < -0.3 is 10.4 Å². The molecule has 1 aliphatic heterocycles. The summed E-state index contributed by atoms with van der Waals surface area (Å²) >= 11 is 0. The number of nitrogens with one attached hydrogen (secondary N) is 1. The van der Waals surface area contributed by atoms with Gasteiger partial charge in [0.15, 0.2) is 0 Å². The minimum Gasteiger partial charge on any atom is -0.508 e. The lowest BCUT2D eigenvalue weighted by molar-refractivity contribution is 0.160. The second-order valence-electron chi connectivity index (χ2n) is 5.57. The molecule has 2 aliphatic rings. The van der Waals surface area contributed by atoms with Crippen LogP contribution in [0.2, 0.25) is 0 Å². The van der Waals surface area contributed by atoms with Crippen molar-refractivity contribution in [3.63, 3.8) is 0 Å². The van der Waals surface area contributed by atoms with E-state index in [4.69, 9.17) is 0 Å². The van der Waals surface area contributed by atoms with Crippen LogP contribution >= 0.6 is 0 Å². The van der Waals surface area contributed by atoms with E-state index in [9.17, 15) is 5.11 Å². The van der Waals surface area contributed by atoms with E-state index in [1.807, 2.05) is 12.1 Å². The molecule has 18 heavy (non-hydrogen) atoms. The van der Waals surface area contributed by atoms with E-state index in [-0.39, 0.29) is 0 Å². The van der Waals surface area contributed by atoms with Gasteiger partial charge in [-0.1, -0.05) is 25.0 Å². The molecular formula is C15H22N2O. The molecule has 1 heterocycles. The lowest BCUT2D eigenvalue weighted by Crippen LogP contribution is -2.45. The van der Waals surface area contributed by atoms with E-state index in [0.717, 1.165) is 32.1 Å². The molecule has 1 aromatic carbocycles. The largest absolute Gasteiger partial charge is 0.508 e. The zero-order valence-electron chi connectivity index (χ0n) is 10.8. The highest BCUT2D eigenvalue weighted by Gasteiger charge is 2.30. The Labute approximate surface area is 109 Å². The quantitative estimate of drug-likeness (QED) is 0.854. The summed E-state index contributed by atoms with van der Waals surface area (Å²) < 4.78 is 0. The Kier molecular flexibility index (Phi) is 3.52. The number of benzene rings is 1. The molecule has 1 atom stereocenters. The summed E-state index contributed by atoms with van der Waals surface area (Å²) in [6.45, 7) is 4.47. The van der Waals surface area contributed by atoms with Crippen LogP contribution in [0, 0.1) is 5.92 Å². The molecule has 1 saturated heterocycles. The molecule has 2 N–H and O–H groups in total. The molecule has 0 amide bonds. The lowest BCUT2D eigenvalue weighted by atomic mass is 9.98. The molecule has 1 aliphatic carbocycles. The highest BCUT2D eigenvalue weighted by atomic mass is 16.3. The van der Waals surface area contributed by atoms with Crippen LogP contribution in [-0.4, -0.2) is 36.2 Å². The fraction of sp³-hybridized carbons (Fsp3) is 0.600. The molecule has 3 heteroatoms.